The minimum Gasteiger partial charge on any atom is -0.475 e. The zero-order valence-electron chi connectivity index (χ0n) is 19.1. The molecule has 3 aliphatic carbocycles. The first kappa shape index (κ1) is 26.0. The van der Waals surface area contributed by atoms with Crippen molar-refractivity contribution in [2.75, 3.05) is 5.73 Å². The molecule has 0 aliphatic heterocycles. The van der Waals surface area contributed by atoms with Gasteiger partial charge in [0.15, 0.2) is 11.6 Å². The van der Waals surface area contributed by atoms with Crippen LogP contribution in [0.15, 0.2) is 41.7 Å². The van der Waals surface area contributed by atoms with Gasteiger partial charge in [0.2, 0.25) is 10.0 Å². The number of anilines is 1. The van der Waals surface area contributed by atoms with Gasteiger partial charge in [0.1, 0.15) is 0 Å². The van der Waals surface area contributed by atoms with Crippen LogP contribution in [0.4, 0.5) is 19.0 Å². The first-order valence-corrected chi connectivity index (χ1v) is 12.0. The van der Waals surface area contributed by atoms with Crippen molar-refractivity contribution in [1.29, 1.82) is 5.26 Å². The molecule has 12 nitrogen and oxygen atoms in total. The fourth-order valence-corrected chi connectivity index (χ4v) is 5.84. The maximum absolute atomic E-state index is 13.0. The Hall–Kier alpha value is -4.10. The third kappa shape index (κ3) is 4.95. The van der Waals surface area contributed by atoms with Crippen molar-refractivity contribution in [2.24, 2.45) is 5.41 Å². The summed E-state index contributed by atoms with van der Waals surface area (Å²) in [6.07, 6.45) is 1.22. The summed E-state index contributed by atoms with van der Waals surface area (Å²) >= 11 is 0. The molecule has 0 radical (unpaired) electrons. The number of nitrogens with two attached hydrogens (primary N) is 1. The van der Waals surface area contributed by atoms with Crippen molar-refractivity contribution < 1.29 is 31.5 Å². The molecule has 3 aliphatic rings. The summed E-state index contributed by atoms with van der Waals surface area (Å²) in [7, 11) is -3.74. The zero-order chi connectivity index (χ0) is 27.2. The van der Waals surface area contributed by atoms with E-state index in [4.69, 9.17) is 20.9 Å². The van der Waals surface area contributed by atoms with E-state index in [1.54, 1.807) is 24.4 Å². The molecule has 0 saturated heterocycles. The number of carbonyl (C=O) groups is 1. The number of rotatable bonds is 5. The van der Waals surface area contributed by atoms with Gasteiger partial charge in [-0.25, -0.2) is 27.9 Å². The summed E-state index contributed by atoms with van der Waals surface area (Å²) in [4.78, 5) is 17.7. The fourth-order valence-electron chi connectivity index (χ4n) is 4.41. The Morgan fingerprint density at radius 2 is 1.95 bits per heavy atom. The maximum Gasteiger partial charge on any atom is 0.490 e. The molecule has 2 heterocycles. The SMILES string of the molecule is Cc1ccc(S(=O)(=O)NC23CC(C#N)(C2)C3)cc1-c1cnc(N)c(-n2ccnn2)n1.O=C(O)C(F)(F)F. The van der Waals surface area contributed by atoms with Gasteiger partial charge in [-0.15, -0.1) is 5.10 Å². The predicted octanol–water partition coefficient (Wildman–Crippen LogP) is 1.97. The minimum absolute atomic E-state index is 0.139. The smallest absolute Gasteiger partial charge is 0.475 e. The molecular weight excluding hydrogens is 517 g/mol. The van der Waals surface area contributed by atoms with Crippen LogP contribution >= 0.6 is 0 Å². The van der Waals surface area contributed by atoms with Gasteiger partial charge < -0.3 is 10.8 Å². The lowest BCUT2D eigenvalue weighted by Crippen LogP contribution is -2.74. The van der Waals surface area contributed by atoms with Gasteiger partial charge in [-0.1, -0.05) is 11.3 Å². The van der Waals surface area contributed by atoms with Crippen LogP contribution in [0.3, 0.4) is 0 Å². The highest BCUT2D eigenvalue weighted by Gasteiger charge is 2.69. The van der Waals surface area contributed by atoms with E-state index in [1.165, 1.54) is 17.1 Å². The van der Waals surface area contributed by atoms with Gasteiger partial charge in [-0.2, -0.15) is 23.1 Å². The Bertz CT molecular complexity index is 1500. The van der Waals surface area contributed by atoms with Gasteiger partial charge in [0.25, 0.3) is 0 Å². The average molecular weight is 536 g/mol. The second-order valence-corrected chi connectivity index (χ2v) is 10.6. The van der Waals surface area contributed by atoms with Crippen molar-refractivity contribution in [3.8, 4) is 23.1 Å². The summed E-state index contributed by atoms with van der Waals surface area (Å²) in [6.45, 7) is 1.87. The number of nitrogens with zero attached hydrogens (tertiary/aromatic N) is 6. The maximum atomic E-state index is 13.0. The van der Waals surface area contributed by atoms with E-state index in [2.05, 4.69) is 31.1 Å². The molecule has 16 heteroatoms. The highest BCUT2D eigenvalue weighted by atomic mass is 32.2. The second kappa shape index (κ2) is 8.78. The van der Waals surface area contributed by atoms with Crippen molar-refractivity contribution in [3.05, 3.63) is 42.4 Å². The molecule has 2 aromatic heterocycles. The lowest BCUT2D eigenvalue weighted by Gasteiger charge is -2.66. The zero-order valence-corrected chi connectivity index (χ0v) is 19.9. The Labute approximate surface area is 208 Å². The van der Waals surface area contributed by atoms with E-state index in [0.29, 0.717) is 36.3 Å². The average Bonchev–Trinajstić information content (AvgIpc) is 3.30. The molecule has 0 spiro atoms. The number of nitrogens with one attached hydrogen (secondary N) is 1. The summed E-state index contributed by atoms with van der Waals surface area (Å²) in [5.74, 6) is -2.26. The Balaban J connectivity index is 0.000000405. The quantitative estimate of drug-likeness (QED) is 0.435. The van der Waals surface area contributed by atoms with Crippen molar-refractivity contribution >= 4 is 21.8 Å². The first-order chi connectivity index (χ1) is 17.2. The number of hydrogen-bond acceptors (Lipinski definition) is 9. The molecule has 4 N–H and O–H groups in total. The first-order valence-electron chi connectivity index (χ1n) is 10.5. The number of sulfonamides is 1. The Kier molecular flexibility index (Phi) is 6.16. The third-order valence-electron chi connectivity index (χ3n) is 6.08. The van der Waals surface area contributed by atoms with Gasteiger partial charge in [-0.05, 0) is 43.9 Å². The van der Waals surface area contributed by atoms with Gasteiger partial charge in [-0.3, -0.25) is 0 Å². The van der Waals surface area contributed by atoms with Crippen LogP contribution in [0.2, 0.25) is 0 Å². The summed E-state index contributed by atoms with van der Waals surface area (Å²) in [6, 6.07) is 7.16. The molecule has 0 unspecified atom stereocenters. The number of carboxylic acid groups (broad SMARTS) is 1. The number of nitrogen functional groups attached to an aromatic ring is 1. The number of nitriles is 1. The lowest BCUT2D eigenvalue weighted by molar-refractivity contribution is -0.192. The summed E-state index contributed by atoms with van der Waals surface area (Å²) in [5.41, 5.74) is 7.04. The Morgan fingerprint density at radius 1 is 1.30 bits per heavy atom. The largest absolute Gasteiger partial charge is 0.490 e. The van der Waals surface area contributed by atoms with Crippen molar-refractivity contribution in [3.63, 3.8) is 0 Å². The normalized spacial score (nSPS) is 22.0. The highest BCUT2D eigenvalue weighted by molar-refractivity contribution is 7.89. The van der Waals surface area contributed by atoms with Crippen molar-refractivity contribution in [1.82, 2.24) is 29.7 Å². The molecule has 3 fully saturated rings. The van der Waals surface area contributed by atoms with Gasteiger partial charge >= 0.3 is 12.1 Å². The fraction of sp³-hybridized carbons (Fsp3) is 0.333. The third-order valence-corrected chi connectivity index (χ3v) is 7.65. The molecular formula is C21H19F3N8O4S. The van der Waals surface area contributed by atoms with Crippen LogP contribution in [0, 0.1) is 23.7 Å². The van der Waals surface area contributed by atoms with E-state index in [-0.39, 0.29) is 16.1 Å². The number of hydrogen-bond donors (Lipinski definition) is 3. The topological polar surface area (TPSA) is 190 Å². The van der Waals surface area contributed by atoms with Gasteiger partial charge in [0, 0.05) is 11.1 Å². The second-order valence-electron chi connectivity index (χ2n) is 8.90. The number of halogens is 3. The van der Waals surface area contributed by atoms with Crippen LogP contribution in [-0.2, 0) is 14.8 Å². The molecule has 0 atom stereocenters. The molecule has 3 saturated carbocycles. The van der Waals surface area contributed by atoms with Crippen LogP contribution in [0.5, 0.6) is 0 Å². The van der Waals surface area contributed by atoms with Crippen LogP contribution in [0.1, 0.15) is 24.8 Å². The summed E-state index contributed by atoms with van der Waals surface area (Å²) in [5, 5.41) is 23.9. The van der Waals surface area contributed by atoms with Crippen molar-refractivity contribution in [2.45, 2.75) is 42.8 Å². The molecule has 0 amide bonds. The van der Waals surface area contributed by atoms with E-state index < -0.39 is 27.7 Å². The number of aryl methyl sites for hydroxylation is 1. The molecule has 6 rings (SSSR count). The number of aromatic nitrogens is 5. The van der Waals surface area contributed by atoms with E-state index in [0.717, 1.165) is 5.56 Å². The highest BCUT2D eigenvalue weighted by Crippen LogP contribution is 2.67. The molecule has 2 bridgehead atoms. The van der Waals surface area contributed by atoms with Crippen LogP contribution in [0.25, 0.3) is 17.1 Å². The van der Waals surface area contributed by atoms with E-state index in [1.807, 2.05) is 6.92 Å². The minimum atomic E-state index is -5.08. The van der Waals surface area contributed by atoms with Crippen LogP contribution in [-0.4, -0.2) is 56.2 Å². The van der Waals surface area contributed by atoms with E-state index >= 15 is 0 Å². The number of alkyl halides is 3. The van der Waals surface area contributed by atoms with E-state index in [9.17, 15) is 21.6 Å². The molecule has 37 heavy (non-hydrogen) atoms. The molecule has 3 aromatic rings. The van der Waals surface area contributed by atoms with Crippen LogP contribution < -0.4 is 10.5 Å². The lowest BCUT2D eigenvalue weighted by atomic mass is 9.40. The standard InChI is InChI=1S/C19H18N8O2S.C2HF3O2/c1-12-2-3-13(30(28,29)25-19-8-18(9-19,10-19)11-20)6-14(12)15-7-22-16(21)17(24-15)27-5-4-23-26-27;3-2(4,5)1(6)7/h2-7,25H,8-10H2,1H3,(H2,21,22);(H,6,7). The summed E-state index contributed by atoms with van der Waals surface area (Å²) < 4.78 is 61.9. The predicted molar refractivity (Wildman–Crippen MR) is 120 cm³/mol. The molecule has 1 aromatic carbocycles. The number of benzene rings is 1. The number of carboxylic acids is 1. The monoisotopic (exact) mass is 536 g/mol. The number of aliphatic carboxylic acids is 1. The molecule has 194 valence electrons. The Morgan fingerprint density at radius 3 is 2.49 bits per heavy atom. The van der Waals surface area contributed by atoms with Gasteiger partial charge in [0.05, 0.1) is 40.7 Å².